The number of nitrogens with zero attached hydrogens (tertiary/aromatic N) is 2. The van der Waals surface area contributed by atoms with Crippen LogP contribution in [0.25, 0.3) is 10.2 Å². The molecule has 1 saturated heterocycles. The number of hydrogen-bond acceptors (Lipinski definition) is 6. The number of alkyl halides is 3. The summed E-state index contributed by atoms with van der Waals surface area (Å²) in [5, 5.41) is 0.553. The van der Waals surface area contributed by atoms with Gasteiger partial charge in [-0.3, -0.25) is 0 Å². The molecule has 0 aliphatic carbocycles. The Balaban J connectivity index is 1.37. The van der Waals surface area contributed by atoms with E-state index in [9.17, 15) is 21.6 Å². The maximum Gasteiger partial charge on any atom is 0.573 e. The van der Waals surface area contributed by atoms with Crippen molar-refractivity contribution in [2.75, 3.05) is 13.1 Å². The molecule has 0 saturated carbocycles. The lowest BCUT2D eigenvalue weighted by Crippen LogP contribution is -2.41. The molecule has 0 spiro atoms. The lowest BCUT2D eigenvalue weighted by Gasteiger charge is -2.30. The molecule has 11 heteroatoms. The number of aromatic nitrogens is 1. The number of piperidine rings is 1. The molecule has 1 fully saturated rings. The van der Waals surface area contributed by atoms with Crippen molar-refractivity contribution in [3.8, 4) is 10.9 Å². The summed E-state index contributed by atoms with van der Waals surface area (Å²) in [7, 11) is -3.81. The molecular formula is C19H17F3N2O4S2. The van der Waals surface area contributed by atoms with Crippen LogP contribution in [0.3, 0.4) is 0 Å². The molecule has 0 radical (unpaired) electrons. The normalized spacial score (nSPS) is 16.6. The molecule has 2 aromatic carbocycles. The van der Waals surface area contributed by atoms with Gasteiger partial charge < -0.3 is 9.47 Å². The van der Waals surface area contributed by atoms with Crippen molar-refractivity contribution in [3.63, 3.8) is 0 Å². The summed E-state index contributed by atoms with van der Waals surface area (Å²) in [6.45, 7) is 0.497. The molecule has 1 aliphatic rings. The number of benzene rings is 2. The minimum Gasteiger partial charge on any atom is -0.467 e. The molecule has 3 aromatic rings. The summed E-state index contributed by atoms with van der Waals surface area (Å²) in [6.07, 6.45) is -4.00. The van der Waals surface area contributed by atoms with Crippen LogP contribution in [0.1, 0.15) is 12.8 Å². The number of sulfonamides is 1. The zero-order valence-electron chi connectivity index (χ0n) is 15.5. The van der Waals surface area contributed by atoms with Crippen LogP contribution in [0.2, 0.25) is 0 Å². The quantitative estimate of drug-likeness (QED) is 0.566. The zero-order chi connectivity index (χ0) is 21.4. The van der Waals surface area contributed by atoms with Crippen LogP contribution in [0.4, 0.5) is 13.2 Å². The van der Waals surface area contributed by atoms with E-state index in [1.165, 1.54) is 15.6 Å². The van der Waals surface area contributed by atoms with E-state index in [4.69, 9.17) is 4.74 Å². The first-order valence-electron chi connectivity index (χ1n) is 9.09. The summed E-state index contributed by atoms with van der Waals surface area (Å²) in [5.74, 6) is -0.468. The summed E-state index contributed by atoms with van der Waals surface area (Å²) < 4.78 is 74.4. The highest BCUT2D eigenvalue weighted by Gasteiger charge is 2.33. The van der Waals surface area contributed by atoms with Crippen LogP contribution < -0.4 is 9.47 Å². The van der Waals surface area contributed by atoms with Crippen molar-refractivity contribution in [2.24, 2.45) is 0 Å². The zero-order valence-corrected chi connectivity index (χ0v) is 17.1. The van der Waals surface area contributed by atoms with E-state index < -0.39 is 22.1 Å². The fourth-order valence-corrected chi connectivity index (χ4v) is 5.55. The van der Waals surface area contributed by atoms with Crippen LogP contribution in [-0.2, 0) is 10.0 Å². The average Bonchev–Trinajstić information content (AvgIpc) is 3.10. The van der Waals surface area contributed by atoms with Gasteiger partial charge in [0.15, 0.2) is 0 Å². The maximum atomic E-state index is 12.8. The van der Waals surface area contributed by atoms with Gasteiger partial charge in [0.25, 0.3) is 5.19 Å². The molecule has 1 aromatic heterocycles. The predicted molar refractivity (Wildman–Crippen MR) is 105 cm³/mol. The number of rotatable bonds is 5. The Labute approximate surface area is 174 Å². The van der Waals surface area contributed by atoms with Gasteiger partial charge in [0.2, 0.25) is 10.0 Å². The third-order valence-corrected chi connectivity index (χ3v) is 7.48. The summed E-state index contributed by atoms with van der Waals surface area (Å²) >= 11 is 1.44. The molecule has 6 nitrogen and oxygen atoms in total. The van der Waals surface area contributed by atoms with Crippen molar-refractivity contribution < 1.29 is 31.1 Å². The minimum absolute atomic E-state index is 0.0810. The van der Waals surface area contributed by atoms with E-state index in [-0.39, 0.29) is 24.1 Å². The van der Waals surface area contributed by atoms with Crippen LogP contribution in [0.5, 0.6) is 10.9 Å². The molecule has 0 amide bonds. The van der Waals surface area contributed by atoms with Crippen molar-refractivity contribution in [2.45, 2.75) is 30.2 Å². The first kappa shape index (κ1) is 20.9. The first-order chi connectivity index (χ1) is 14.2. The monoisotopic (exact) mass is 458 g/mol. The third-order valence-electron chi connectivity index (χ3n) is 4.64. The molecule has 30 heavy (non-hydrogen) atoms. The van der Waals surface area contributed by atoms with Gasteiger partial charge in [0.05, 0.1) is 15.1 Å². The number of ether oxygens (including phenoxy) is 2. The van der Waals surface area contributed by atoms with Crippen LogP contribution in [-0.4, -0.2) is 43.3 Å². The van der Waals surface area contributed by atoms with Crippen LogP contribution in [0, 0.1) is 0 Å². The second-order valence-corrected chi connectivity index (χ2v) is 9.62. The number of fused-ring (bicyclic) bond motifs is 1. The van der Waals surface area contributed by atoms with E-state index in [2.05, 4.69) is 9.72 Å². The Bertz CT molecular complexity index is 1090. The number of thiazole rings is 1. The van der Waals surface area contributed by atoms with Crippen molar-refractivity contribution in [3.05, 3.63) is 48.5 Å². The van der Waals surface area contributed by atoms with Gasteiger partial charge in [-0.05, 0) is 49.2 Å². The standard InChI is InChI=1S/C19H17F3N2O4S2/c20-19(21,22)28-14-5-7-15(8-6-14)30(25,26)24-11-9-13(10-12-24)27-18-23-16-3-1-2-4-17(16)29-18/h1-8,13H,9-12H2. The highest BCUT2D eigenvalue weighted by atomic mass is 32.2. The molecule has 0 bridgehead atoms. The molecule has 2 heterocycles. The number of para-hydroxylation sites is 1. The van der Waals surface area contributed by atoms with Gasteiger partial charge in [-0.25, -0.2) is 13.4 Å². The van der Waals surface area contributed by atoms with E-state index in [1.807, 2.05) is 24.3 Å². The molecule has 0 unspecified atom stereocenters. The second kappa shape index (κ2) is 8.05. The largest absolute Gasteiger partial charge is 0.573 e. The molecule has 4 rings (SSSR count). The van der Waals surface area contributed by atoms with Crippen LogP contribution >= 0.6 is 11.3 Å². The van der Waals surface area contributed by atoms with Gasteiger partial charge in [0.1, 0.15) is 11.9 Å². The number of hydrogen-bond donors (Lipinski definition) is 0. The summed E-state index contributed by atoms with van der Waals surface area (Å²) in [6, 6.07) is 11.9. The molecular weight excluding hydrogens is 441 g/mol. The summed E-state index contributed by atoms with van der Waals surface area (Å²) in [5.41, 5.74) is 0.857. The molecule has 1 aliphatic heterocycles. The second-order valence-electron chi connectivity index (χ2n) is 6.69. The molecule has 0 N–H and O–H groups in total. The van der Waals surface area contributed by atoms with Crippen LogP contribution in [0.15, 0.2) is 53.4 Å². The van der Waals surface area contributed by atoms with Gasteiger partial charge in [-0.1, -0.05) is 23.5 Å². The average molecular weight is 458 g/mol. The Hall–Kier alpha value is -2.37. The van der Waals surface area contributed by atoms with Gasteiger partial charge in [-0.15, -0.1) is 13.2 Å². The predicted octanol–water partition coefficient (Wildman–Crippen LogP) is 4.43. The Morgan fingerprint density at radius 3 is 2.33 bits per heavy atom. The first-order valence-corrected chi connectivity index (χ1v) is 11.3. The van der Waals surface area contributed by atoms with Crippen molar-refractivity contribution in [1.29, 1.82) is 0 Å². The Morgan fingerprint density at radius 2 is 1.70 bits per heavy atom. The van der Waals surface area contributed by atoms with E-state index in [1.54, 1.807) is 0 Å². The highest BCUT2D eigenvalue weighted by Crippen LogP contribution is 2.31. The van der Waals surface area contributed by atoms with E-state index in [0.717, 1.165) is 34.5 Å². The van der Waals surface area contributed by atoms with E-state index >= 15 is 0 Å². The Kier molecular flexibility index (Phi) is 5.60. The van der Waals surface area contributed by atoms with Crippen molar-refractivity contribution in [1.82, 2.24) is 9.29 Å². The topological polar surface area (TPSA) is 68.7 Å². The Morgan fingerprint density at radius 1 is 1.03 bits per heavy atom. The fraction of sp³-hybridized carbons (Fsp3) is 0.316. The van der Waals surface area contributed by atoms with Crippen molar-refractivity contribution >= 4 is 31.6 Å². The van der Waals surface area contributed by atoms with Gasteiger partial charge in [-0.2, -0.15) is 4.31 Å². The highest BCUT2D eigenvalue weighted by molar-refractivity contribution is 7.89. The minimum atomic E-state index is -4.83. The third kappa shape index (κ3) is 4.68. The lowest BCUT2D eigenvalue weighted by molar-refractivity contribution is -0.274. The molecule has 160 valence electrons. The van der Waals surface area contributed by atoms with E-state index in [0.29, 0.717) is 18.0 Å². The lowest BCUT2D eigenvalue weighted by atomic mass is 10.1. The van der Waals surface area contributed by atoms with Gasteiger partial charge >= 0.3 is 6.36 Å². The van der Waals surface area contributed by atoms with Gasteiger partial charge in [0, 0.05) is 13.1 Å². The maximum absolute atomic E-state index is 12.8. The number of halogens is 3. The fourth-order valence-electron chi connectivity index (χ4n) is 3.20. The SMILES string of the molecule is O=S(=O)(c1ccc(OC(F)(F)F)cc1)N1CCC(Oc2nc3ccccc3s2)CC1. The summed E-state index contributed by atoms with van der Waals surface area (Å²) in [4.78, 5) is 4.35. The molecule has 0 atom stereocenters. The smallest absolute Gasteiger partial charge is 0.467 e.